The average molecular weight is 342 g/mol. The van der Waals surface area contributed by atoms with Crippen molar-refractivity contribution in [2.24, 2.45) is 0 Å². The standard InChI is InChI=1S/C21H18N4O/c1-14-12-18(22)24-21-20(14)17(26)13-19(23-15-8-4-2-5-9-15)25(21)16-10-6-3-7-11-16/h2-13,23H,1H3,(H2,22,24). The Morgan fingerprint density at radius 1 is 0.962 bits per heavy atom. The summed E-state index contributed by atoms with van der Waals surface area (Å²) in [6.07, 6.45) is 0. The van der Waals surface area contributed by atoms with Gasteiger partial charge in [-0.05, 0) is 42.8 Å². The van der Waals surface area contributed by atoms with Crippen LogP contribution in [0.15, 0.2) is 77.6 Å². The second-order valence-electron chi connectivity index (χ2n) is 6.12. The highest BCUT2D eigenvalue weighted by atomic mass is 16.1. The molecule has 0 amide bonds. The number of pyridine rings is 2. The molecule has 0 atom stereocenters. The molecule has 0 aliphatic rings. The van der Waals surface area contributed by atoms with Crippen molar-refractivity contribution in [1.82, 2.24) is 9.55 Å². The molecule has 4 rings (SSSR count). The molecule has 5 nitrogen and oxygen atoms in total. The highest BCUT2D eigenvalue weighted by Crippen LogP contribution is 2.26. The molecular formula is C21H18N4O. The molecule has 0 bridgehead atoms. The third kappa shape index (κ3) is 2.80. The van der Waals surface area contributed by atoms with E-state index >= 15 is 0 Å². The van der Waals surface area contributed by atoms with E-state index in [1.165, 1.54) is 0 Å². The van der Waals surface area contributed by atoms with E-state index in [9.17, 15) is 4.79 Å². The molecule has 0 fully saturated rings. The minimum absolute atomic E-state index is 0.0874. The van der Waals surface area contributed by atoms with Crippen LogP contribution in [0.1, 0.15) is 5.56 Å². The summed E-state index contributed by atoms with van der Waals surface area (Å²) in [5.74, 6) is 1.02. The minimum atomic E-state index is -0.0874. The summed E-state index contributed by atoms with van der Waals surface area (Å²) in [6, 6.07) is 22.8. The Labute approximate surface area is 150 Å². The van der Waals surface area contributed by atoms with Crippen molar-refractivity contribution >= 4 is 28.4 Å². The second kappa shape index (κ2) is 6.37. The van der Waals surface area contributed by atoms with Gasteiger partial charge in [-0.25, -0.2) is 4.98 Å². The van der Waals surface area contributed by atoms with Crippen LogP contribution < -0.4 is 16.5 Å². The average Bonchev–Trinajstić information content (AvgIpc) is 2.62. The first-order valence-corrected chi connectivity index (χ1v) is 8.34. The van der Waals surface area contributed by atoms with Crippen molar-refractivity contribution in [3.05, 3.63) is 88.6 Å². The molecule has 0 aliphatic carbocycles. The summed E-state index contributed by atoms with van der Waals surface area (Å²) in [6.45, 7) is 1.88. The number of nitrogens with one attached hydrogen (secondary N) is 1. The molecule has 0 radical (unpaired) electrons. The van der Waals surface area contributed by atoms with Gasteiger partial charge in [-0.3, -0.25) is 9.36 Å². The SMILES string of the molecule is Cc1cc(N)nc2c1c(=O)cc(Nc1ccccc1)n2-c1ccccc1. The summed E-state index contributed by atoms with van der Waals surface area (Å²) < 4.78 is 1.92. The van der Waals surface area contributed by atoms with E-state index in [1.807, 2.05) is 72.2 Å². The maximum Gasteiger partial charge on any atom is 0.193 e. The first-order chi connectivity index (χ1) is 12.6. The molecule has 0 saturated carbocycles. The lowest BCUT2D eigenvalue weighted by Gasteiger charge is -2.18. The Balaban J connectivity index is 2.06. The molecule has 0 aliphatic heterocycles. The van der Waals surface area contributed by atoms with E-state index in [1.54, 1.807) is 12.1 Å². The molecule has 4 aromatic rings. The topological polar surface area (TPSA) is 72.9 Å². The minimum Gasteiger partial charge on any atom is -0.384 e. The number of para-hydroxylation sites is 2. The zero-order valence-electron chi connectivity index (χ0n) is 14.3. The Morgan fingerprint density at radius 2 is 1.62 bits per heavy atom. The van der Waals surface area contributed by atoms with E-state index in [0.29, 0.717) is 22.7 Å². The first-order valence-electron chi connectivity index (χ1n) is 8.34. The molecule has 3 N–H and O–H groups in total. The van der Waals surface area contributed by atoms with Crippen LogP contribution in [-0.4, -0.2) is 9.55 Å². The quantitative estimate of drug-likeness (QED) is 0.590. The number of anilines is 3. The fourth-order valence-corrected chi connectivity index (χ4v) is 3.12. The zero-order valence-corrected chi connectivity index (χ0v) is 14.3. The van der Waals surface area contributed by atoms with Crippen LogP contribution in [0.4, 0.5) is 17.3 Å². The number of rotatable bonds is 3. The van der Waals surface area contributed by atoms with Gasteiger partial charge in [0.2, 0.25) is 0 Å². The Hall–Kier alpha value is -3.60. The first kappa shape index (κ1) is 15.9. The lowest BCUT2D eigenvalue weighted by atomic mass is 10.1. The van der Waals surface area contributed by atoms with Crippen LogP contribution in [0.2, 0.25) is 0 Å². The normalized spacial score (nSPS) is 10.8. The van der Waals surface area contributed by atoms with Crippen LogP contribution in [0.3, 0.4) is 0 Å². The smallest absolute Gasteiger partial charge is 0.193 e. The van der Waals surface area contributed by atoms with Crippen LogP contribution in [-0.2, 0) is 0 Å². The second-order valence-corrected chi connectivity index (χ2v) is 6.12. The van der Waals surface area contributed by atoms with Gasteiger partial charge in [-0.15, -0.1) is 0 Å². The maximum absolute atomic E-state index is 12.8. The summed E-state index contributed by atoms with van der Waals surface area (Å²) >= 11 is 0. The molecule has 2 heterocycles. The number of aryl methyl sites for hydroxylation is 1. The lowest BCUT2D eigenvalue weighted by Crippen LogP contribution is -2.15. The number of nitrogens with two attached hydrogens (primary N) is 1. The van der Waals surface area contributed by atoms with Crippen LogP contribution in [0.5, 0.6) is 0 Å². The molecule has 128 valence electrons. The zero-order chi connectivity index (χ0) is 18.1. The van der Waals surface area contributed by atoms with Gasteiger partial charge in [0.15, 0.2) is 11.1 Å². The van der Waals surface area contributed by atoms with E-state index in [0.717, 1.165) is 16.9 Å². The predicted molar refractivity (Wildman–Crippen MR) is 106 cm³/mol. The van der Waals surface area contributed by atoms with Gasteiger partial charge in [-0.1, -0.05) is 36.4 Å². The van der Waals surface area contributed by atoms with Crippen molar-refractivity contribution in [3.8, 4) is 5.69 Å². The van der Waals surface area contributed by atoms with Crippen molar-refractivity contribution in [3.63, 3.8) is 0 Å². The molecular weight excluding hydrogens is 324 g/mol. The summed E-state index contributed by atoms with van der Waals surface area (Å²) in [7, 11) is 0. The number of fused-ring (bicyclic) bond motifs is 1. The van der Waals surface area contributed by atoms with Crippen molar-refractivity contribution in [2.75, 3.05) is 11.1 Å². The summed E-state index contributed by atoms with van der Waals surface area (Å²) in [4.78, 5) is 17.2. The van der Waals surface area contributed by atoms with Crippen molar-refractivity contribution in [1.29, 1.82) is 0 Å². The van der Waals surface area contributed by atoms with Gasteiger partial charge in [-0.2, -0.15) is 0 Å². The highest BCUT2D eigenvalue weighted by molar-refractivity contribution is 5.85. The predicted octanol–water partition coefficient (Wildman–Crippen LogP) is 4.02. The molecule has 0 spiro atoms. The third-order valence-corrected chi connectivity index (χ3v) is 4.24. The Kier molecular flexibility index (Phi) is 3.89. The van der Waals surface area contributed by atoms with E-state index in [4.69, 9.17) is 5.73 Å². The fraction of sp³-hybridized carbons (Fsp3) is 0.0476. The molecule has 26 heavy (non-hydrogen) atoms. The third-order valence-electron chi connectivity index (χ3n) is 4.24. The molecule has 0 unspecified atom stereocenters. The number of hydrogen-bond acceptors (Lipinski definition) is 4. The largest absolute Gasteiger partial charge is 0.384 e. The number of aromatic nitrogens is 2. The van der Waals surface area contributed by atoms with E-state index < -0.39 is 0 Å². The van der Waals surface area contributed by atoms with Crippen LogP contribution in [0, 0.1) is 6.92 Å². The maximum atomic E-state index is 12.8. The van der Waals surface area contributed by atoms with Gasteiger partial charge in [0, 0.05) is 17.4 Å². The van der Waals surface area contributed by atoms with Gasteiger partial charge < -0.3 is 11.1 Å². The van der Waals surface area contributed by atoms with E-state index in [-0.39, 0.29) is 5.43 Å². The lowest BCUT2D eigenvalue weighted by molar-refractivity contribution is 1.07. The monoisotopic (exact) mass is 342 g/mol. The number of benzene rings is 2. The summed E-state index contributed by atoms with van der Waals surface area (Å²) in [5, 5.41) is 3.90. The molecule has 2 aromatic heterocycles. The van der Waals surface area contributed by atoms with Gasteiger partial charge in [0.1, 0.15) is 11.6 Å². The molecule has 2 aromatic carbocycles. The van der Waals surface area contributed by atoms with Gasteiger partial charge in [0.25, 0.3) is 0 Å². The van der Waals surface area contributed by atoms with Gasteiger partial charge in [0.05, 0.1) is 5.39 Å². The van der Waals surface area contributed by atoms with Crippen LogP contribution >= 0.6 is 0 Å². The molecule has 0 saturated heterocycles. The number of hydrogen-bond donors (Lipinski definition) is 2. The van der Waals surface area contributed by atoms with E-state index in [2.05, 4.69) is 10.3 Å². The number of nitrogens with zero attached hydrogens (tertiary/aromatic N) is 2. The van der Waals surface area contributed by atoms with Crippen molar-refractivity contribution < 1.29 is 0 Å². The Morgan fingerprint density at radius 3 is 2.31 bits per heavy atom. The highest BCUT2D eigenvalue weighted by Gasteiger charge is 2.15. The Bertz CT molecular complexity index is 1140. The summed E-state index contributed by atoms with van der Waals surface area (Å²) in [5.41, 5.74) is 9.03. The van der Waals surface area contributed by atoms with Crippen molar-refractivity contribution in [2.45, 2.75) is 6.92 Å². The number of nitrogen functional groups attached to an aromatic ring is 1. The van der Waals surface area contributed by atoms with Gasteiger partial charge >= 0.3 is 0 Å². The molecule has 5 heteroatoms. The fourth-order valence-electron chi connectivity index (χ4n) is 3.12. The van der Waals surface area contributed by atoms with Crippen LogP contribution in [0.25, 0.3) is 16.7 Å².